The minimum absolute atomic E-state index is 0.593. The van der Waals surface area contributed by atoms with E-state index in [1.54, 1.807) is 17.7 Å². The van der Waals surface area contributed by atoms with E-state index in [-0.39, 0.29) is 0 Å². The molecule has 0 unspecified atom stereocenters. The van der Waals surface area contributed by atoms with Gasteiger partial charge in [0.1, 0.15) is 12.1 Å². The smallest absolute Gasteiger partial charge is 0.132 e. The third-order valence-corrected chi connectivity index (χ3v) is 3.93. The van der Waals surface area contributed by atoms with Gasteiger partial charge in [-0.1, -0.05) is 6.07 Å². The Labute approximate surface area is 104 Å². The van der Waals surface area contributed by atoms with E-state index in [1.165, 1.54) is 4.88 Å². The van der Waals surface area contributed by atoms with Crippen LogP contribution in [-0.2, 0) is 0 Å². The highest BCUT2D eigenvalue weighted by Crippen LogP contribution is 2.26. The maximum absolute atomic E-state index is 4.33. The maximum atomic E-state index is 4.33. The second kappa shape index (κ2) is 4.43. The number of likely N-dealkylation sites (N-methyl/N-ethyl adjacent to an activating group) is 1. The van der Waals surface area contributed by atoms with Crippen LogP contribution in [0.3, 0.4) is 0 Å². The van der Waals surface area contributed by atoms with Gasteiger partial charge in [-0.05, 0) is 18.5 Å². The van der Waals surface area contributed by atoms with E-state index in [0.29, 0.717) is 6.04 Å². The molecule has 3 heterocycles. The molecule has 0 amide bonds. The standard InChI is InChI=1S/C12H14N4S/c1-13-9-6-16(7-9)12-5-10(14-8-15-12)11-3-2-4-17-11/h2-5,8-9,13H,6-7H2,1H3. The van der Waals surface area contributed by atoms with E-state index < -0.39 is 0 Å². The molecule has 0 aromatic carbocycles. The summed E-state index contributed by atoms with van der Waals surface area (Å²) in [6, 6.07) is 6.79. The van der Waals surface area contributed by atoms with Crippen molar-refractivity contribution in [2.45, 2.75) is 6.04 Å². The summed E-state index contributed by atoms with van der Waals surface area (Å²) in [5, 5.41) is 5.33. The Hall–Kier alpha value is -1.46. The van der Waals surface area contributed by atoms with Crippen molar-refractivity contribution in [3.8, 4) is 10.6 Å². The SMILES string of the molecule is CNC1CN(c2cc(-c3cccs3)ncn2)C1. The molecule has 0 aliphatic carbocycles. The van der Waals surface area contributed by atoms with Crippen LogP contribution in [0.1, 0.15) is 0 Å². The molecule has 88 valence electrons. The summed E-state index contributed by atoms with van der Waals surface area (Å²) in [7, 11) is 2.00. The topological polar surface area (TPSA) is 41.0 Å². The van der Waals surface area contributed by atoms with Gasteiger partial charge in [0.2, 0.25) is 0 Å². The lowest BCUT2D eigenvalue weighted by atomic mass is 10.1. The summed E-state index contributed by atoms with van der Waals surface area (Å²) < 4.78 is 0. The highest BCUT2D eigenvalue weighted by Gasteiger charge is 2.26. The summed E-state index contributed by atoms with van der Waals surface area (Å²) in [4.78, 5) is 12.1. The van der Waals surface area contributed by atoms with Crippen LogP contribution in [-0.4, -0.2) is 36.1 Å². The van der Waals surface area contributed by atoms with Gasteiger partial charge in [0.05, 0.1) is 10.6 Å². The summed E-state index contributed by atoms with van der Waals surface area (Å²) in [6.07, 6.45) is 1.65. The first-order chi connectivity index (χ1) is 8.36. The first-order valence-corrected chi connectivity index (χ1v) is 6.53. The van der Waals surface area contributed by atoms with Crippen molar-refractivity contribution >= 4 is 17.2 Å². The molecule has 0 spiro atoms. The van der Waals surface area contributed by atoms with Gasteiger partial charge in [-0.3, -0.25) is 0 Å². The van der Waals surface area contributed by atoms with Gasteiger partial charge in [0.25, 0.3) is 0 Å². The Morgan fingerprint density at radius 2 is 2.29 bits per heavy atom. The molecule has 1 aliphatic heterocycles. The molecule has 5 heteroatoms. The average molecular weight is 246 g/mol. The molecule has 17 heavy (non-hydrogen) atoms. The number of aromatic nitrogens is 2. The molecule has 1 N–H and O–H groups in total. The van der Waals surface area contributed by atoms with Crippen molar-refractivity contribution in [1.82, 2.24) is 15.3 Å². The van der Waals surface area contributed by atoms with E-state index in [2.05, 4.69) is 37.7 Å². The highest BCUT2D eigenvalue weighted by atomic mass is 32.1. The molecule has 1 fully saturated rings. The molecule has 1 saturated heterocycles. The number of thiophene rings is 1. The molecule has 2 aromatic heterocycles. The van der Waals surface area contributed by atoms with E-state index in [1.807, 2.05) is 13.1 Å². The Balaban J connectivity index is 1.81. The molecule has 0 bridgehead atoms. The largest absolute Gasteiger partial charge is 0.353 e. The molecular weight excluding hydrogens is 232 g/mol. The zero-order chi connectivity index (χ0) is 11.7. The number of rotatable bonds is 3. The first kappa shape index (κ1) is 10.7. The Morgan fingerprint density at radius 1 is 1.41 bits per heavy atom. The predicted octanol–water partition coefficient (Wildman–Crippen LogP) is 1.61. The Kier molecular flexibility index (Phi) is 2.78. The summed E-state index contributed by atoms with van der Waals surface area (Å²) >= 11 is 1.71. The van der Waals surface area contributed by atoms with Crippen LogP contribution in [0.2, 0.25) is 0 Å². The molecule has 0 saturated carbocycles. The summed E-state index contributed by atoms with van der Waals surface area (Å²) in [5.74, 6) is 1.02. The van der Waals surface area contributed by atoms with Gasteiger partial charge in [-0.2, -0.15) is 0 Å². The second-order valence-corrected chi connectivity index (χ2v) is 5.08. The molecular formula is C12H14N4S. The van der Waals surface area contributed by atoms with Crippen LogP contribution in [0.4, 0.5) is 5.82 Å². The van der Waals surface area contributed by atoms with Crippen LogP contribution >= 0.6 is 11.3 Å². The lowest BCUT2D eigenvalue weighted by Gasteiger charge is -2.39. The third-order valence-electron chi connectivity index (χ3n) is 3.04. The monoisotopic (exact) mass is 246 g/mol. The third kappa shape index (κ3) is 2.03. The van der Waals surface area contributed by atoms with Gasteiger partial charge in [-0.25, -0.2) is 9.97 Å². The molecule has 4 nitrogen and oxygen atoms in total. The van der Waals surface area contributed by atoms with Gasteiger partial charge >= 0.3 is 0 Å². The van der Waals surface area contributed by atoms with Crippen LogP contribution in [0.5, 0.6) is 0 Å². The van der Waals surface area contributed by atoms with Crippen LogP contribution in [0.15, 0.2) is 29.9 Å². The maximum Gasteiger partial charge on any atom is 0.132 e. The fourth-order valence-corrected chi connectivity index (χ4v) is 2.62. The first-order valence-electron chi connectivity index (χ1n) is 5.65. The zero-order valence-corrected chi connectivity index (χ0v) is 10.4. The van der Waals surface area contributed by atoms with E-state index in [4.69, 9.17) is 0 Å². The van der Waals surface area contributed by atoms with Crippen molar-refractivity contribution in [3.63, 3.8) is 0 Å². The Morgan fingerprint density at radius 3 is 3.00 bits per heavy atom. The number of nitrogens with zero attached hydrogens (tertiary/aromatic N) is 3. The van der Waals surface area contributed by atoms with Crippen molar-refractivity contribution in [2.24, 2.45) is 0 Å². The van der Waals surface area contributed by atoms with Crippen LogP contribution < -0.4 is 10.2 Å². The Bertz CT molecular complexity index is 491. The van der Waals surface area contributed by atoms with Crippen molar-refractivity contribution < 1.29 is 0 Å². The van der Waals surface area contributed by atoms with Gasteiger partial charge < -0.3 is 10.2 Å². The highest BCUT2D eigenvalue weighted by molar-refractivity contribution is 7.13. The van der Waals surface area contributed by atoms with Crippen LogP contribution in [0.25, 0.3) is 10.6 Å². The number of hydrogen-bond acceptors (Lipinski definition) is 5. The number of nitrogens with one attached hydrogen (secondary N) is 1. The van der Waals surface area contributed by atoms with Crippen molar-refractivity contribution in [2.75, 3.05) is 25.0 Å². The minimum atomic E-state index is 0.593. The van der Waals surface area contributed by atoms with E-state index >= 15 is 0 Å². The van der Waals surface area contributed by atoms with Gasteiger partial charge in [-0.15, -0.1) is 11.3 Å². The lowest BCUT2D eigenvalue weighted by molar-refractivity contribution is 0.447. The van der Waals surface area contributed by atoms with E-state index in [0.717, 1.165) is 24.6 Å². The molecule has 3 rings (SSSR count). The summed E-state index contributed by atoms with van der Waals surface area (Å²) in [6.45, 7) is 2.05. The predicted molar refractivity (Wildman–Crippen MR) is 70.4 cm³/mol. The minimum Gasteiger partial charge on any atom is -0.353 e. The number of hydrogen-bond donors (Lipinski definition) is 1. The molecule has 1 aliphatic rings. The van der Waals surface area contributed by atoms with Crippen molar-refractivity contribution in [3.05, 3.63) is 29.9 Å². The van der Waals surface area contributed by atoms with Crippen LogP contribution in [0, 0.1) is 0 Å². The van der Waals surface area contributed by atoms with Gasteiger partial charge in [0, 0.05) is 25.2 Å². The normalized spacial score (nSPS) is 15.9. The second-order valence-electron chi connectivity index (χ2n) is 4.13. The summed E-state index contributed by atoms with van der Waals surface area (Å²) in [5.41, 5.74) is 1.01. The van der Waals surface area contributed by atoms with Crippen molar-refractivity contribution in [1.29, 1.82) is 0 Å². The fraction of sp³-hybridized carbons (Fsp3) is 0.333. The average Bonchev–Trinajstić information content (AvgIpc) is 2.81. The number of anilines is 1. The fourth-order valence-electron chi connectivity index (χ4n) is 1.93. The molecule has 0 atom stereocenters. The zero-order valence-electron chi connectivity index (χ0n) is 9.63. The molecule has 0 radical (unpaired) electrons. The van der Waals surface area contributed by atoms with E-state index in [9.17, 15) is 0 Å². The lowest BCUT2D eigenvalue weighted by Crippen LogP contribution is -2.57. The molecule has 2 aromatic rings. The quantitative estimate of drug-likeness (QED) is 0.893. The van der Waals surface area contributed by atoms with Gasteiger partial charge in [0.15, 0.2) is 0 Å².